The van der Waals surface area contributed by atoms with Crippen molar-refractivity contribution < 1.29 is 0 Å². The summed E-state index contributed by atoms with van der Waals surface area (Å²) in [5.74, 6) is 0. The van der Waals surface area contributed by atoms with Crippen molar-refractivity contribution in [3.63, 3.8) is 0 Å². The van der Waals surface area contributed by atoms with Crippen LogP contribution in [0.15, 0.2) is 18.5 Å². The summed E-state index contributed by atoms with van der Waals surface area (Å²) in [7, 11) is 0. The molecule has 2 heteroatoms. The number of rotatable bonds is 2. The molecule has 0 spiro atoms. The predicted molar refractivity (Wildman–Crippen MR) is 58.1 cm³/mol. The van der Waals surface area contributed by atoms with Crippen molar-refractivity contribution in [1.82, 2.24) is 9.88 Å². The summed E-state index contributed by atoms with van der Waals surface area (Å²) in [6, 6.07) is 2.85. The molecule has 14 heavy (non-hydrogen) atoms. The van der Waals surface area contributed by atoms with Gasteiger partial charge in [0.05, 0.1) is 0 Å². The Balaban J connectivity index is 2.13. The van der Waals surface area contributed by atoms with E-state index in [0.717, 1.165) is 6.54 Å². The molecular formula is C12H18N2. The van der Waals surface area contributed by atoms with Gasteiger partial charge in [0, 0.05) is 31.5 Å². The lowest BCUT2D eigenvalue weighted by atomic mass is 10.0. The molecule has 0 bridgehead atoms. The maximum atomic E-state index is 4.19. The largest absolute Gasteiger partial charge is 0.296 e. The van der Waals surface area contributed by atoms with Crippen LogP contribution in [0.25, 0.3) is 0 Å². The van der Waals surface area contributed by atoms with Gasteiger partial charge in [-0.15, -0.1) is 0 Å². The molecule has 0 N–H and O–H groups in total. The first-order chi connectivity index (χ1) is 6.81. The summed E-state index contributed by atoms with van der Waals surface area (Å²) < 4.78 is 0. The minimum Gasteiger partial charge on any atom is -0.296 e. The zero-order chi connectivity index (χ0) is 9.97. The van der Waals surface area contributed by atoms with E-state index in [-0.39, 0.29) is 0 Å². The van der Waals surface area contributed by atoms with E-state index in [0.29, 0.717) is 6.04 Å². The molecule has 0 aliphatic carbocycles. The minimum atomic E-state index is 0.698. The summed E-state index contributed by atoms with van der Waals surface area (Å²) in [6.07, 6.45) is 6.33. The molecule has 2 nitrogen and oxygen atoms in total. The number of fused-ring (bicyclic) bond motifs is 1. The maximum absolute atomic E-state index is 4.19. The zero-order valence-electron chi connectivity index (χ0n) is 9.03. The molecular weight excluding hydrogens is 172 g/mol. The van der Waals surface area contributed by atoms with E-state index in [4.69, 9.17) is 0 Å². The van der Waals surface area contributed by atoms with Crippen molar-refractivity contribution in [3.05, 3.63) is 29.6 Å². The average Bonchev–Trinajstić information content (AvgIpc) is 2.27. The molecule has 2 rings (SSSR count). The van der Waals surface area contributed by atoms with Gasteiger partial charge in [-0.05, 0) is 37.0 Å². The first-order valence-corrected chi connectivity index (χ1v) is 5.47. The highest BCUT2D eigenvalue weighted by molar-refractivity contribution is 5.25. The van der Waals surface area contributed by atoms with Crippen molar-refractivity contribution >= 4 is 0 Å². The monoisotopic (exact) mass is 190 g/mol. The third kappa shape index (κ3) is 1.80. The third-order valence-electron chi connectivity index (χ3n) is 3.26. The van der Waals surface area contributed by atoms with Crippen LogP contribution in [0.4, 0.5) is 0 Å². The van der Waals surface area contributed by atoms with Crippen molar-refractivity contribution in [2.75, 3.05) is 6.54 Å². The normalized spacial score (nSPS) is 19.0. The van der Waals surface area contributed by atoms with E-state index >= 15 is 0 Å². The Labute approximate surface area is 86.0 Å². The molecule has 0 fully saturated rings. The van der Waals surface area contributed by atoms with Crippen molar-refractivity contribution in [2.45, 2.75) is 39.3 Å². The standard InChI is InChI=1S/C12H18N2/c1-3-10(2)14-7-5-11-4-6-13-8-12(11)9-14/h4,6,8,10H,3,5,7,9H2,1-2H3. The quantitative estimate of drug-likeness (QED) is 0.711. The topological polar surface area (TPSA) is 16.1 Å². The summed E-state index contributed by atoms with van der Waals surface area (Å²) >= 11 is 0. The first kappa shape index (κ1) is 9.66. The van der Waals surface area contributed by atoms with Crippen LogP contribution in [0.2, 0.25) is 0 Å². The fourth-order valence-corrected chi connectivity index (χ4v) is 2.04. The minimum absolute atomic E-state index is 0.698. The second-order valence-electron chi connectivity index (χ2n) is 4.12. The molecule has 1 atom stereocenters. The zero-order valence-corrected chi connectivity index (χ0v) is 9.03. The summed E-state index contributed by atoms with van der Waals surface area (Å²) in [5.41, 5.74) is 2.90. The van der Waals surface area contributed by atoms with Crippen LogP contribution >= 0.6 is 0 Å². The second-order valence-corrected chi connectivity index (χ2v) is 4.12. The lowest BCUT2D eigenvalue weighted by molar-refractivity contribution is 0.186. The highest BCUT2D eigenvalue weighted by atomic mass is 15.2. The van der Waals surface area contributed by atoms with Crippen LogP contribution < -0.4 is 0 Å². The molecule has 1 aliphatic rings. The third-order valence-corrected chi connectivity index (χ3v) is 3.26. The molecule has 2 heterocycles. The van der Waals surface area contributed by atoms with Crippen molar-refractivity contribution in [3.8, 4) is 0 Å². The van der Waals surface area contributed by atoms with Gasteiger partial charge >= 0.3 is 0 Å². The summed E-state index contributed by atoms with van der Waals surface area (Å²) in [6.45, 7) is 6.84. The molecule has 1 aromatic heterocycles. The van der Waals surface area contributed by atoms with Gasteiger partial charge in [-0.2, -0.15) is 0 Å². The molecule has 1 aliphatic heterocycles. The SMILES string of the molecule is CCC(C)N1CCc2ccncc2C1. The van der Waals surface area contributed by atoms with Gasteiger partial charge in [0.2, 0.25) is 0 Å². The Morgan fingerprint density at radius 1 is 1.50 bits per heavy atom. The van der Waals surface area contributed by atoms with Gasteiger partial charge in [-0.3, -0.25) is 9.88 Å². The van der Waals surface area contributed by atoms with E-state index in [1.807, 2.05) is 12.4 Å². The fraction of sp³-hybridized carbons (Fsp3) is 0.583. The average molecular weight is 190 g/mol. The molecule has 1 unspecified atom stereocenters. The van der Waals surface area contributed by atoms with Gasteiger partial charge < -0.3 is 0 Å². The molecule has 0 amide bonds. The lowest BCUT2D eigenvalue weighted by Gasteiger charge is -2.32. The van der Waals surface area contributed by atoms with Gasteiger partial charge in [0.15, 0.2) is 0 Å². The Bertz CT molecular complexity index is 309. The first-order valence-electron chi connectivity index (χ1n) is 5.47. The van der Waals surface area contributed by atoms with Crippen LogP contribution in [0.1, 0.15) is 31.4 Å². The van der Waals surface area contributed by atoms with Gasteiger partial charge in [-0.25, -0.2) is 0 Å². The van der Waals surface area contributed by atoms with Gasteiger partial charge in [-0.1, -0.05) is 6.92 Å². The van der Waals surface area contributed by atoms with E-state index < -0.39 is 0 Å². The summed E-state index contributed by atoms with van der Waals surface area (Å²) in [4.78, 5) is 6.74. The predicted octanol–water partition coefficient (Wildman–Crippen LogP) is 2.24. The molecule has 1 aromatic rings. The van der Waals surface area contributed by atoms with Crippen LogP contribution in [0.3, 0.4) is 0 Å². The highest BCUT2D eigenvalue weighted by Gasteiger charge is 2.19. The number of nitrogens with zero attached hydrogens (tertiary/aromatic N) is 2. The van der Waals surface area contributed by atoms with Crippen LogP contribution in [0, 0.1) is 0 Å². The molecule has 0 saturated carbocycles. The van der Waals surface area contributed by atoms with Crippen LogP contribution in [-0.2, 0) is 13.0 Å². The Morgan fingerprint density at radius 2 is 2.36 bits per heavy atom. The highest BCUT2D eigenvalue weighted by Crippen LogP contribution is 2.19. The van der Waals surface area contributed by atoms with E-state index in [9.17, 15) is 0 Å². The molecule has 76 valence electrons. The lowest BCUT2D eigenvalue weighted by Crippen LogP contribution is -2.37. The summed E-state index contributed by atoms with van der Waals surface area (Å²) in [5, 5.41) is 0. The van der Waals surface area contributed by atoms with Crippen molar-refractivity contribution in [2.24, 2.45) is 0 Å². The molecule has 0 radical (unpaired) electrons. The van der Waals surface area contributed by atoms with Crippen molar-refractivity contribution in [1.29, 1.82) is 0 Å². The Morgan fingerprint density at radius 3 is 3.14 bits per heavy atom. The van der Waals surface area contributed by atoms with Gasteiger partial charge in [0.1, 0.15) is 0 Å². The fourth-order valence-electron chi connectivity index (χ4n) is 2.04. The molecule has 0 saturated heterocycles. The molecule has 0 aromatic carbocycles. The Hall–Kier alpha value is -0.890. The number of aromatic nitrogens is 1. The number of hydrogen-bond acceptors (Lipinski definition) is 2. The Kier molecular flexibility index (Phi) is 2.82. The smallest absolute Gasteiger partial charge is 0.0315 e. The van der Waals surface area contributed by atoms with Crippen LogP contribution in [0.5, 0.6) is 0 Å². The van der Waals surface area contributed by atoms with E-state index in [1.165, 1.54) is 30.5 Å². The number of pyridine rings is 1. The van der Waals surface area contributed by atoms with Gasteiger partial charge in [0.25, 0.3) is 0 Å². The second kappa shape index (κ2) is 4.09. The maximum Gasteiger partial charge on any atom is 0.0315 e. The van der Waals surface area contributed by atoms with E-state index in [2.05, 4.69) is 29.8 Å². The number of hydrogen-bond donors (Lipinski definition) is 0. The van der Waals surface area contributed by atoms with E-state index in [1.54, 1.807) is 0 Å². The van der Waals surface area contributed by atoms with Crippen LogP contribution in [-0.4, -0.2) is 22.5 Å².